The van der Waals surface area contributed by atoms with E-state index in [0.717, 1.165) is 27.5 Å². The van der Waals surface area contributed by atoms with E-state index in [9.17, 15) is 19.1 Å². The van der Waals surface area contributed by atoms with Crippen molar-refractivity contribution < 1.29 is 28.6 Å². The van der Waals surface area contributed by atoms with Crippen LogP contribution in [0.4, 0.5) is 9.18 Å². The topological polar surface area (TPSA) is 104 Å². The summed E-state index contributed by atoms with van der Waals surface area (Å²) < 4.78 is 25.1. The molecule has 3 heterocycles. The van der Waals surface area contributed by atoms with Gasteiger partial charge in [0.2, 0.25) is 12.2 Å². The molecular weight excluding hydrogens is 675 g/mol. The highest BCUT2D eigenvalue weighted by molar-refractivity contribution is 5.87. The SMILES string of the molecule is C#CCN(C(=O)NCc1ccc(F)cc1)N1CC(O)C(C)N2[C@@H](Cc3ccc(OC4OC4N(C)C)cc3)C(=O)N(Cc3cccc4ccccc34)C[C@@H]21. The lowest BCUT2D eigenvalue weighted by Gasteiger charge is -2.58. The number of terminal acetylenes is 1. The summed E-state index contributed by atoms with van der Waals surface area (Å²) in [6.07, 6.45) is 4.38. The van der Waals surface area contributed by atoms with Crippen LogP contribution in [-0.2, 0) is 29.0 Å². The van der Waals surface area contributed by atoms with E-state index in [-0.39, 0.29) is 50.4 Å². The molecule has 0 aliphatic carbocycles. The molecule has 276 valence electrons. The number of fused-ring (bicyclic) bond motifs is 2. The minimum absolute atomic E-state index is 0.0660. The normalized spacial score (nSPS) is 24.5. The van der Waals surface area contributed by atoms with Gasteiger partial charge in [0.05, 0.1) is 31.4 Å². The van der Waals surface area contributed by atoms with E-state index in [1.807, 2.05) is 84.2 Å². The van der Waals surface area contributed by atoms with Gasteiger partial charge in [0.15, 0.2) is 6.23 Å². The monoisotopic (exact) mass is 720 g/mol. The van der Waals surface area contributed by atoms with Gasteiger partial charge >= 0.3 is 6.03 Å². The van der Waals surface area contributed by atoms with Gasteiger partial charge in [0.25, 0.3) is 0 Å². The zero-order valence-electron chi connectivity index (χ0n) is 30.1. The number of urea groups is 1. The Hall–Kier alpha value is -5.03. The van der Waals surface area contributed by atoms with Gasteiger partial charge in [-0.15, -0.1) is 6.42 Å². The Balaban J connectivity index is 1.19. The summed E-state index contributed by atoms with van der Waals surface area (Å²) in [6.45, 7) is 2.76. The van der Waals surface area contributed by atoms with Crippen LogP contribution < -0.4 is 10.1 Å². The number of carbonyl (C=O) groups excluding carboxylic acids is 2. The number of hydrogen-bond acceptors (Lipinski definition) is 8. The van der Waals surface area contributed by atoms with Crippen molar-refractivity contribution in [3.05, 3.63) is 114 Å². The predicted octanol–water partition coefficient (Wildman–Crippen LogP) is 4.01. The summed E-state index contributed by atoms with van der Waals surface area (Å²) in [5, 5.41) is 19.8. The van der Waals surface area contributed by atoms with Gasteiger partial charge in [-0.05, 0) is 79.2 Å². The van der Waals surface area contributed by atoms with E-state index in [0.29, 0.717) is 18.7 Å². The number of aliphatic hydroxyl groups is 1. The second kappa shape index (κ2) is 15.5. The number of benzene rings is 4. The molecule has 3 saturated heterocycles. The van der Waals surface area contributed by atoms with Gasteiger partial charge < -0.3 is 24.8 Å². The minimum atomic E-state index is -0.893. The first kappa shape index (κ1) is 36.3. The van der Waals surface area contributed by atoms with Crippen molar-refractivity contribution in [2.75, 3.05) is 33.7 Å². The number of likely N-dealkylation sites (N-methyl/N-ethyl adjacent to an activating group) is 1. The Morgan fingerprint density at radius 3 is 2.45 bits per heavy atom. The van der Waals surface area contributed by atoms with Crippen LogP contribution in [0.3, 0.4) is 0 Å². The third kappa shape index (κ3) is 7.85. The maximum absolute atomic E-state index is 14.7. The smallest absolute Gasteiger partial charge is 0.333 e. The van der Waals surface area contributed by atoms with E-state index in [1.54, 1.807) is 17.1 Å². The van der Waals surface area contributed by atoms with Crippen molar-refractivity contribution in [2.45, 2.75) is 63.3 Å². The number of halogens is 1. The number of aliphatic hydroxyl groups excluding tert-OH is 1. The quantitative estimate of drug-likeness (QED) is 0.177. The fraction of sp³-hybridized carbons (Fsp3) is 0.366. The molecule has 3 aliphatic rings. The van der Waals surface area contributed by atoms with Crippen LogP contribution in [0.15, 0.2) is 91.0 Å². The van der Waals surface area contributed by atoms with Crippen molar-refractivity contribution in [1.82, 2.24) is 30.0 Å². The van der Waals surface area contributed by atoms with E-state index in [1.165, 1.54) is 17.1 Å². The summed E-state index contributed by atoms with van der Waals surface area (Å²) in [5.74, 6) is 2.84. The van der Waals surface area contributed by atoms with Crippen molar-refractivity contribution in [2.24, 2.45) is 0 Å². The third-order valence-electron chi connectivity index (χ3n) is 10.4. The van der Waals surface area contributed by atoms with Gasteiger partial charge in [-0.2, -0.15) is 5.01 Å². The molecule has 53 heavy (non-hydrogen) atoms. The number of nitrogens with zero attached hydrogens (tertiary/aromatic N) is 5. The number of nitrogens with one attached hydrogen (secondary N) is 1. The van der Waals surface area contributed by atoms with E-state index >= 15 is 0 Å². The third-order valence-corrected chi connectivity index (χ3v) is 10.4. The van der Waals surface area contributed by atoms with Crippen LogP contribution in [0.2, 0.25) is 0 Å². The maximum Gasteiger partial charge on any atom is 0.333 e. The zero-order valence-corrected chi connectivity index (χ0v) is 30.1. The summed E-state index contributed by atoms with van der Waals surface area (Å²) >= 11 is 0. The molecule has 3 aliphatic heterocycles. The fourth-order valence-electron chi connectivity index (χ4n) is 7.47. The second-order valence-electron chi connectivity index (χ2n) is 14.1. The molecule has 12 heteroatoms. The predicted molar refractivity (Wildman–Crippen MR) is 198 cm³/mol. The number of ether oxygens (including phenoxy) is 2. The van der Waals surface area contributed by atoms with Crippen molar-refractivity contribution in [1.29, 1.82) is 0 Å². The average molecular weight is 721 g/mol. The molecule has 0 spiro atoms. The number of amides is 3. The Bertz CT molecular complexity index is 1970. The largest absolute Gasteiger partial charge is 0.461 e. The molecule has 11 nitrogen and oxygen atoms in total. The highest BCUT2D eigenvalue weighted by atomic mass is 19.1. The molecule has 0 aromatic heterocycles. The van der Waals surface area contributed by atoms with Crippen molar-refractivity contribution >= 4 is 22.7 Å². The molecule has 4 aromatic rings. The molecule has 4 aromatic carbocycles. The molecule has 3 amide bonds. The molecule has 2 N–H and O–H groups in total. The lowest BCUT2D eigenvalue weighted by molar-refractivity contribution is -0.204. The zero-order chi connectivity index (χ0) is 37.2. The first-order valence-corrected chi connectivity index (χ1v) is 17.9. The number of piperazine rings is 1. The van der Waals surface area contributed by atoms with Crippen molar-refractivity contribution in [3.63, 3.8) is 0 Å². The molecule has 6 atom stereocenters. The highest BCUT2D eigenvalue weighted by Crippen LogP contribution is 2.34. The van der Waals surface area contributed by atoms with Crippen LogP contribution in [0, 0.1) is 18.2 Å². The number of rotatable bonds is 11. The number of β-amino-alcohol motifs (C(OH)–C–C–N with tert-alkyl or cyclic N) is 1. The second-order valence-corrected chi connectivity index (χ2v) is 14.1. The lowest BCUT2D eigenvalue weighted by Crippen LogP contribution is -2.77. The van der Waals surface area contributed by atoms with Crippen molar-refractivity contribution in [3.8, 4) is 18.1 Å². The Labute approximate surface area is 309 Å². The molecular formula is C41H45FN6O5. The van der Waals surface area contributed by atoms with E-state index in [2.05, 4.69) is 29.4 Å². The van der Waals surface area contributed by atoms with Crippen LogP contribution in [0.5, 0.6) is 5.75 Å². The number of epoxide rings is 1. The van der Waals surface area contributed by atoms with Crippen LogP contribution >= 0.6 is 0 Å². The average Bonchev–Trinajstić information content (AvgIpc) is 3.94. The number of carbonyl (C=O) groups is 2. The highest BCUT2D eigenvalue weighted by Gasteiger charge is 2.51. The van der Waals surface area contributed by atoms with Gasteiger partial charge in [0, 0.05) is 25.7 Å². The van der Waals surface area contributed by atoms with Gasteiger partial charge in [-0.25, -0.2) is 14.2 Å². The molecule has 0 saturated carbocycles. The van der Waals surface area contributed by atoms with E-state index < -0.39 is 30.4 Å². The van der Waals surface area contributed by atoms with E-state index in [4.69, 9.17) is 15.9 Å². The summed E-state index contributed by atoms with van der Waals surface area (Å²) in [7, 11) is 3.86. The van der Waals surface area contributed by atoms with Crippen LogP contribution in [0.25, 0.3) is 10.8 Å². The van der Waals surface area contributed by atoms with Gasteiger partial charge in [0.1, 0.15) is 11.6 Å². The Morgan fingerprint density at radius 2 is 1.74 bits per heavy atom. The lowest BCUT2D eigenvalue weighted by atomic mass is 9.93. The molecule has 0 radical (unpaired) electrons. The summed E-state index contributed by atoms with van der Waals surface area (Å²) in [4.78, 5) is 34.4. The first-order chi connectivity index (χ1) is 25.6. The van der Waals surface area contributed by atoms with Crippen LogP contribution in [0.1, 0.15) is 23.6 Å². The maximum atomic E-state index is 14.7. The first-order valence-electron chi connectivity index (χ1n) is 17.9. The number of hydrazine groups is 1. The summed E-state index contributed by atoms with van der Waals surface area (Å²) in [6, 6.07) is 26.2. The fourth-order valence-corrected chi connectivity index (χ4v) is 7.47. The number of hydrogen-bond donors (Lipinski definition) is 2. The molecule has 4 unspecified atom stereocenters. The minimum Gasteiger partial charge on any atom is -0.461 e. The van der Waals surface area contributed by atoms with Crippen LogP contribution in [-0.4, -0.2) is 112 Å². The summed E-state index contributed by atoms with van der Waals surface area (Å²) in [5.41, 5.74) is 2.65. The Kier molecular flexibility index (Phi) is 10.6. The molecule has 7 rings (SSSR count). The standard InChI is InChI=1S/C41H45FN6O5/c1-5-21-46(41(51)43-23-29-13-17-32(42)18-14-29)47-25-36(49)27(2)48-35(22-28-15-19-33(20-16-28)52-40-39(53-40)44(3)4)38(50)45(26-37(47)48)24-31-11-8-10-30-9-6-7-12-34(30)31/h1,6-20,27,35-37,39-40,49H,21-26H2,2-4H3,(H,43,51)/t27?,35-,36?,37+,39?,40?/m0/s1. The Morgan fingerprint density at radius 1 is 1.02 bits per heavy atom. The van der Waals surface area contributed by atoms with Gasteiger partial charge in [-0.3, -0.25) is 14.6 Å². The van der Waals surface area contributed by atoms with Gasteiger partial charge in [-0.1, -0.05) is 72.7 Å². The molecule has 0 bridgehead atoms. The molecule has 3 fully saturated rings.